The Morgan fingerprint density at radius 3 is 2.50 bits per heavy atom. The average molecular weight is 316 g/mol. The number of benzene rings is 1. The number of nitrogens with zero attached hydrogens (tertiary/aromatic N) is 1. The third-order valence-electron chi connectivity index (χ3n) is 3.08. The Morgan fingerprint density at radius 2 is 1.95 bits per heavy atom. The van der Waals surface area contributed by atoms with Gasteiger partial charge in [0.05, 0.1) is 22.2 Å². The summed E-state index contributed by atoms with van der Waals surface area (Å²) < 4.78 is 22.8. The van der Waals surface area contributed by atoms with Crippen molar-refractivity contribution in [3.8, 4) is 0 Å². The maximum absolute atomic E-state index is 11.4. The highest BCUT2D eigenvalue weighted by Crippen LogP contribution is 2.28. The second-order valence-electron chi connectivity index (χ2n) is 4.52. The Balaban J connectivity index is 2.16. The molecule has 0 saturated carbocycles. The van der Waals surface area contributed by atoms with E-state index in [9.17, 15) is 13.2 Å². The zero-order valence-corrected chi connectivity index (χ0v) is 12.2. The molecule has 1 heterocycles. The Hall–Kier alpha value is -1.53. The third-order valence-corrected chi connectivity index (χ3v) is 4.99. The van der Waals surface area contributed by atoms with Gasteiger partial charge in [0.15, 0.2) is 9.84 Å². The van der Waals surface area contributed by atoms with Crippen molar-refractivity contribution in [2.75, 3.05) is 29.5 Å². The number of carbonyl (C=O) groups is 1. The molecule has 0 aliphatic carbocycles. The normalized spacial score (nSPS) is 18.4. The quantitative estimate of drug-likeness (QED) is 0.859. The van der Waals surface area contributed by atoms with Crippen LogP contribution < -0.4 is 4.90 Å². The molecule has 1 aliphatic heterocycles. The van der Waals surface area contributed by atoms with Crippen LogP contribution in [0.4, 0.5) is 5.69 Å². The molecule has 1 saturated heterocycles. The van der Waals surface area contributed by atoms with Crippen molar-refractivity contribution >= 4 is 39.2 Å². The number of aliphatic carboxylic acids is 1. The predicted octanol–water partition coefficient (Wildman–Crippen LogP) is 1.67. The lowest BCUT2D eigenvalue weighted by atomic mass is 10.1. The highest BCUT2D eigenvalue weighted by atomic mass is 35.5. The van der Waals surface area contributed by atoms with E-state index in [0.29, 0.717) is 23.7 Å². The van der Waals surface area contributed by atoms with Crippen molar-refractivity contribution in [1.82, 2.24) is 0 Å². The third kappa shape index (κ3) is 3.74. The monoisotopic (exact) mass is 315 g/mol. The predicted molar refractivity (Wildman–Crippen MR) is 79.0 cm³/mol. The molecular formula is C13H14ClNO4S. The molecule has 1 aromatic carbocycles. The summed E-state index contributed by atoms with van der Waals surface area (Å²) in [5.74, 6) is -0.764. The molecule has 0 atom stereocenters. The lowest BCUT2D eigenvalue weighted by molar-refractivity contribution is -0.131. The number of halogens is 1. The largest absolute Gasteiger partial charge is 0.478 e. The summed E-state index contributed by atoms with van der Waals surface area (Å²) in [4.78, 5) is 12.4. The Morgan fingerprint density at radius 1 is 1.30 bits per heavy atom. The summed E-state index contributed by atoms with van der Waals surface area (Å²) in [5.41, 5.74) is 1.46. The van der Waals surface area contributed by atoms with E-state index in [1.165, 1.54) is 6.08 Å². The molecule has 0 spiro atoms. The van der Waals surface area contributed by atoms with Crippen molar-refractivity contribution in [1.29, 1.82) is 0 Å². The smallest absolute Gasteiger partial charge is 0.328 e. The van der Waals surface area contributed by atoms with Gasteiger partial charge in [0.2, 0.25) is 0 Å². The van der Waals surface area contributed by atoms with Crippen LogP contribution in [-0.4, -0.2) is 44.1 Å². The number of anilines is 1. The van der Waals surface area contributed by atoms with Crippen LogP contribution in [-0.2, 0) is 14.6 Å². The highest BCUT2D eigenvalue weighted by molar-refractivity contribution is 7.91. The first kappa shape index (κ1) is 14.9. The molecule has 1 N–H and O–H groups in total. The van der Waals surface area contributed by atoms with E-state index in [2.05, 4.69) is 0 Å². The van der Waals surface area contributed by atoms with Gasteiger partial charge >= 0.3 is 5.97 Å². The van der Waals surface area contributed by atoms with Crippen molar-refractivity contribution in [2.24, 2.45) is 0 Å². The van der Waals surface area contributed by atoms with E-state index in [1.54, 1.807) is 18.2 Å². The fourth-order valence-electron chi connectivity index (χ4n) is 2.00. The van der Waals surface area contributed by atoms with Crippen LogP contribution in [0.2, 0.25) is 5.02 Å². The summed E-state index contributed by atoms with van der Waals surface area (Å²) in [6.45, 7) is 0.846. The standard InChI is InChI=1S/C13H14ClNO4S/c14-11-9-10(2-4-13(16)17)1-3-12(11)15-5-7-20(18,19)8-6-15/h1-4,9H,5-8H2,(H,16,17)/b4-2+. The van der Waals surface area contributed by atoms with Crippen LogP contribution >= 0.6 is 11.6 Å². The summed E-state index contributed by atoms with van der Waals surface area (Å²) in [6.07, 6.45) is 2.50. The fraction of sp³-hybridized carbons (Fsp3) is 0.308. The summed E-state index contributed by atoms with van der Waals surface area (Å²) in [7, 11) is -2.92. The van der Waals surface area contributed by atoms with Crippen molar-refractivity contribution in [3.63, 3.8) is 0 Å². The van der Waals surface area contributed by atoms with E-state index in [4.69, 9.17) is 16.7 Å². The molecule has 0 radical (unpaired) electrons. The van der Waals surface area contributed by atoms with Crippen LogP contribution in [0.25, 0.3) is 6.08 Å². The summed E-state index contributed by atoms with van der Waals surface area (Å²) >= 11 is 6.18. The molecular weight excluding hydrogens is 302 g/mol. The molecule has 0 amide bonds. The van der Waals surface area contributed by atoms with Gasteiger partial charge in [0.1, 0.15) is 0 Å². The van der Waals surface area contributed by atoms with E-state index in [0.717, 1.165) is 11.8 Å². The van der Waals surface area contributed by atoms with E-state index < -0.39 is 15.8 Å². The number of hydrogen-bond acceptors (Lipinski definition) is 4. The molecule has 0 aromatic heterocycles. The molecule has 7 heteroatoms. The van der Waals surface area contributed by atoms with Crippen LogP contribution in [0.5, 0.6) is 0 Å². The van der Waals surface area contributed by atoms with Gasteiger partial charge in [-0.25, -0.2) is 13.2 Å². The van der Waals surface area contributed by atoms with Crippen LogP contribution in [0.1, 0.15) is 5.56 Å². The zero-order valence-electron chi connectivity index (χ0n) is 10.6. The summed E-state index contributed by atoms with van der Waals surface area (Å²) in [6, 6.07) is 5.20. The number of sulfone groups is 1. The van der Waals surface area contributed by atoms with Gasteiger partial charge in [-0.2, -0.15) is 0 Å². The topological polar surface area (TPSA) is 74.7 Å². The molecule has 20 heavy (non-hydrogen) atoms. The van der Waals surface area contributed by atoms with E-state index >= 15 is 0 Å². The molecule has 1 fully saturated rings. The number of rotatable bonds is 3. The minimum absolute atomic E-state index is 0.129. The highest BCUT2D eigenvalue weighted by Gasteiger charge is 2.22. The SMILES string of the molecule is O=C(O)/C=C/c1ccc(N2CCS(=O)(=O)CC2)c(Cl)c1. The van der Waals surface area contributed by atoms with E-state index in [-0.39, 0.29) is 11.5 Å². The van der Waals surface area contributed by atoms with Crippen LogP contribution in [0.15, 0.2) is 24.3 Å². The van der Waals surface area contributed by atoms with Gasteiger partial charge in [-0.15, -0.1) is 0 Å². The molecule has 1 aliphatic rings. The second kappa shape index (κ2) is 5.85. The number of hydrogen-bond donors (Lipinski definition) is 1. The van der Waals surface area contributed by atoms with Crippen LogP contribution in [0.3, 0.4) is 0 Å². The van der Waals surface area contributed by atoms with Gasteiger partial charge in [-0.05, 0) is 23.8 Å². The fourth-order valence-corrected chi connectivity index (χ4v) is 3.51. The van der Waals surface area contributed by atoms with Gasteiger partial charge in [0.25, 0.3) is 0 Å². The minimum atomic E-state index is -2.92. The average Bonchev–Trinajstić information content (AvgIpc) is 2.37. The van der Waals surface area contributed by atoms with Gasteiger partial charge in [0, 0.05) is 19.2 Å². The first-order valence-corrected chi connectivity index (χ1v) is 8.23. The zero-order chi connectivity index (χ0) is 14.8. The van der Waals surface area contributed by atoms with Gasteiger partial charge in [-0.1, -0.05) is 17.7 Å². The Kier molecular flexibility index (Phi) is 4.35. The van der Waals surface area contributed by atoms with Crippen LogP contribution in [0, 0.1) is 0 Å². The van der Waals surface area contributed by atoms with Crippen molar-refractivity contribution in [3.05, 3.63) is 34.9 Å². The number of carboxylic acids is 1. The molecule has 0 bridgehead atoms. The molecule has 0 unspecified atom stereocenters. The van der Waals surface area contributed by atoms with Gasteiger partial charge in [-0.3, -0.25) is 0 Å². The maximum atomic E-state index is 11.4. The summed E-state index contributed by atoms with van der Waals surface area (Å²) in [5, 5.41) is 9.05. The molecule has 108 valence electrons. The first-order valence-electron chi connectivity index (χ1n) is 6.03. The Labute approximate surface area is 122 Å². The number of carboxylic acid groups (broad SMARTS) is 1. The molecule has 5 nitrogen and oxygen atoms in total. The first-order chi connectivity index (χ1) is 9.37. The van der Waals surface area contributed by atoms with Gasteiger partial charge < -0.3 is 10.0 Å². The second-order valence-corrected chi connectivity index (χ2v) is 7.23. The molecule has 1 aromatic rings. The van der Waals surface area contributed by atoms with Crippen molar-refractivity contribution in [2.45, 2.75) is 0 Å². The van der Waals surface area contributed by atoms with E-state index in [1.807, 2.05) is 4.90 Å². The minimum Gasteiger partial charge on any atom is -0.478 e. The van der Waals surface area contributed by atoms with Crippen molar-refractivity contribution < 1.29 is 18.3 Å². The lowest BCUT2D eigenvalue weighted by Gasteiger charge is -2.29. The Bertz CT molecular complexity index is 640. The maximum Gasteiger partial charge on any atom is 0.328 e. The lowest BCUT2D eigenvalue weighted by Crippen LogP contribution is -2.40. The molecule has 2 rings (SSSR count).